The lowest BCUT2D eigenvalue weighted by atomic mass is 10.1. The number of benzene rings is 1. The number of carbonyl (C=O) groups excluding carboxylic acids is 1. The molecule has 1 heterocycles. The van der Waals surface area contributed by atoms with Crippen molar-refractivity contribution >= 4 is 5.91 Å². The van der Waals surface area contributed by atoms with Crippen molar-refractivity contribution in [1.29, 1.82) is 0 Å². The number of carbonyl (C=O) groups is 1. The van der Waals surface area contributed by atoms with E-state index in [1.165, 1.54) is 0 Å². The molecule has 94 valence electrons. The predicted molar refractivity (Wildman–Crippen MR) is 68.8 cm³/mol. The number of nitrogens with two attached hydrogens (primary N) is 1. The first-order chi connectivity index (χ1) is 8.70. The van der Waals surface area contributed by atoms with Crippen LogP contribution in [0.1, 0.15) is 21.7 Å². The lowest BCUT2D eigenvalue weighted by Crippen LogP contribution is -2.26. The number of furan rings is 1. The van der Waals surface area contributed by atoms with E-state index in [0.29, 0.717) is 18.7 Å². The summed E-state index contributed by atoms with van der Waals surface area (Å²) in [6.45, 7) is 0.891. The van der Waals surface area contributed by atoms with E-state index in [2.05, 4.69) is 0 Å². The van der Waals surface area contributed by atoms with E-state index in [9.17, 15) is 4.79 Å². The van der Waals surface area contributed by atoms with Crippen LogP contribution in [0.3, 0.4) is 0 Å². The number of hydrogen-bond donors (Lipinski definition) is 1. The molecule has 18 heavy (non-hydrogen) atoms. The summed E-state index contributed by atoms with van der Waals surface area (Å²) >= 11 is 0. The molecular weight excluding hydrogens is 228 g/mol. The van der Waals surface area contributed by atoms with Crippen LogP contribution in [0, 0.1) is 0 Å². The van der Waals surface area contributed by atoms with Gasteiger partial charge in [0.15, 0.2) is 0 Å². The largest absolute Gasteiger partial charge is 0.467 e. The minimum Gasteiger partial charge on any atom is -0.467 e. The topological polar surface area (TPSA) is 59.5 Å². The second-order valence-electron chi connectivity index (χ2n) is 4.15. The van der Waals surface area contributed by atoms with Gasteiger partial charge in [0.25, 0.3) is 5.91 Å². The Balaban J connectivity index is 2.10. The van der Waals surface area contributed by atoms with Gasteiger partial charge < -0.3 is 15.1 Å². The monoisotopic (exact) mass is 244 g/mol. The van der Waals surface area contributed by atoms with Gasteiger partial charge >= 0.3 is 0 Å². The zero-order chi connectivity index (χ0) is 13.0. The maximum absolute atomic E-state index is 12.2. The number of nitrogens with zero attached hydrogens (tertiary/aromatic N) is 1. The Morgan fingerprint density at radius 1 is 1.33 bits per heavy atom. The maximum Gasteiger partial charge on any atom is 0.254 e. The van der Waals surface area contributed by atoms with Crippen LogP contribution in [-0.4, -0.2) is 17.9 Å². The highest BCUT2D eigenvalue weighted by atomic mass is 16.3. The lowest BCUT2D eigenvalue weighted by Gasteiger charge is -2.16. The maximum atomic E-state index is 12.2. The fourth-order valence-corrected chi connectivity index (χ4v) is 1.76. The summed E-state index contributed by atoms with van der Waals surface area (Å²) < 4.78 is 5.22. The van der Waals surface area contributed by atoms with E-state index < -0.39 is 0 Å². The quantitative estimate of drug-likeness (QED) is 0.895. The Morgan fingerprint density at radius 3 is 2.83 bits per heavy atom. The number of hydrogen-bond acceptors (Lipinski definition) is 3. The van der Waals surface area contributed by atoms with Gasteiger partial charge in [0.1, 0.15) is 5.76 Å². The molecule has 0 atom stereocenters. The molecule has 2 rings (SSSR count). The molecule has 0 aliphatic carbocycles. The Hall–Kier alpha value is -2.07. The minimum absolute atomic E-state index is 0.0401. The van der Waals surface area contributed by atoms with Crippen LogP contribution in [0.15, 0.2) is 47.1 Å². The zero-order valence-corrected chi connectivity index (χ0v) is 10.3. The van der Waals surface area contributed by atoms with E-state index in [-0.39, 0.29) is 5.91 Å². The average Bonchev–Trinajstić information content (AvgIpc) is 2.90. The van der Waals surface area contributed by atoms with Gasteiger partial charge in [0.2, 0.25) is 0 Å². The predicted octanol–water partition coefficient (Wildman–Crippen LogP) is 2.01. The molecule has 0 saturated carbocycles. The molecule has 2 N–H and O–H groups in total. The highest BCUT2D eigenvalue weighted by molar-refractivity contribution is 5.94. The minimum atomic E-state index is -0.0401. The molecular formula is C14H16N2O2. The van der Waals surface area contributed by atoms with Crippen molar-refractivity contribution in [3.05, 3.63) is 59.5 Å². The summed E-state index contributed by atoms with van der Waals surface area (Å²) in [7, 11) is 1.75. The third-order valence-corrected chi connectivity index (χ3v) is 2.73. The van der Waals surface area contributed by atoms with Gasteiger partial charge in [0, 0.05) is 19.2 Å². The van der Waals surface area contributed by atoms with Crippen molar-refractivity contribution in [3.63, 3.8) is 0 Å². The van der Waals surface area contributed by atoms with Crippen LogP contribution in [0.2, 0.25) is 0 Å². The molecule has 4 nitrogen and oxygen atoms in total. The summed E-state index contributed by atoms with van der Waals surface area (Å²) in [4.78, 5) is 13.8. The molecule has 1 aromatic carbocycles. The summed E-state index contributed by atoms with van der Waals surface area (Å²) in [5.41, 5.74) is 7.16. The second kappa shape index (κ2) is 5.51. The van der Waals surface area contributed by atoms with Crippen LogP contribution >= 0.6 is 0 Å². The fraction of sp³-hybridized carbons (Fsp3) is 0.214. The molecule has 4 heteroatoms. The standard InChI is InChI=1S/C14H16N2O2/c1-16(10-13-6-3-7-18-13)14(17)12-5-2-4-11(8-12)9-15/h2-8H,9-10,15H2,1H3. The van der Waals surface area contributed by atoms with Gasteiger partial charge in [-0.05, 0) is 29.8 Å². The Morgan fingerprint density at radius 2 is 2.17 bits per heavy atom. The third kappa shape index (κ3) is 2.78. The molecule has 2 aromatic rings. The van der Waals surface area contributed by atoms with Gasteiger partial charge in [-0.3, -0.25) is 4.79 Å². The van der Waals surface area contributed by atoms with Crippen molar-refractivity contribution in [3.8, 4) is 0 Å². The van der Waals surface area contributed by atoms with Crippen molar-refractivity contribution < 1.29 is 9.21 Å². The van der Waals surface area contributed by atoms with E-state index in [1.807, 2.05) is 30.3 Å². The smallest absolute Gasteiger partial charge is 0.254 e. The van der Waals surface area contributed by atoms with Crippen LogP contribution in [0.25, 0.3) is 0 Å². The molecule has 0 fully saturated rings. The first-order valence-electron chi connectivity index (χ1n) is 5.77. The third-order valence-electron chi connectivity index (χ3n) is 2.73. The van der Waals surface area contributed by atoms with Crippen molar-refractivity contribution in [1.82, 2.24) is 4.90 Å². The number of rotatable bonds is 4. The van der Waals surface area contributed by atoms with Gasteiger partial charge in [-0.15, -0.1) is 0 Å². The second-order valence-corrected chi connectivity index (χ2v) is 4.15. The number of amides is 1. The molecule has 0 saturated heterocycles. The first-order valence-corrected chi connectivity index (χ1v) is 5.77. The Labute approximate surface area is 106 Å². The summed E-state index contributed by atoms with van der Waals surface area (Å²) in [6, 6.07) is 11.0. The van der Waals surface area contributed by atoms with Gasteiger partial charge in [0.05, 0.1) is 12.8 Å². The molecule has 0 unspecified atom stereocenters. The first kappa shape index (κ1) is 12.4. The van der Waals surface area contributed by atoms with Crippen LogP contribution in [0.5, 0.6) is 0 Å². The fourth-order valence-electron chi connectivity index (χ4n) is 1.76. The van der Waals surface area contributed by atoms with Crippen LogP contribution < -0.4 is 5.73 Å². The molecule has 0 aliphatic heterocycles. The highest BCUT2D eigenvalue weighted by Gasteiger charge is 2.13. The van der Waals surface area contributed by atoms with E-state index >= 15 is 0 Å². The van der Waals surface area contributed by atoms with Crippen LogP contribution in [0.4, 0.5) is 0 Å². The molecule has 0 bridgehead atoms. The molecule has 1 amide bonds. The van der Waals surface area contributed by atoms with Gasteiger partial charge in [-0.2, -0.15) is 0 Å². The van der Waals surface area contributed by atoms with Gasteiger partial charge in [-0.25, -0.2) is 0 Å². The lowest BCUT2D eigenvalue weighted by molar-refractivity contribution is 0.0775. The van der Waals surface area contributed by atoms with Crippen molar-refractivity contribution in [2.24, 2.45) is 5.73 Å². The average molecular weight is 244 g/mol. The Bertz CT molecular complexity index is 520. The summed E-state index contributed by atoms with van der Waals surface area (Å²) in [5, 5.41) is 0. The SMILES string of the molecule is CN(Cc1ccco1)C(=O)c1cccc(CN)c1. The normalized spacial score (nSPS) is 10.3. The van der Waals surface area contributed by atoms with Crippen molar-refractivity contribution in [2.45, 2.75) is 13.1 Å². The van der Waals surface area contributed by atoms with Crippen molar-refractivity contribution in [2.75, 3.05) is 7.05 Å². The molecule has 1 aromatic heterocycles. The van der Waals surface area contributed by atoms with Gasteiger partial charge in [-0.1, -0.05) is 12.1 Å². The summed E-state index contributed by atoms with van der Waals surface area (Å²) in [6.07, 6.45) is 1.60. The highest BCUT2D eigenvalue weighted by Crippen LogP contribution is 2.10. The van der Waals surface area contributed by atoms with Crippen LogP contribution in [-0.2, 0) is 13.1 Å². The molecule has 0 aliphatic rings. The van der Waals surface area contributed by atoms with E-state index in [1.54, 1.807) is 24.3 Å². The Kier molecular flexibility index (Phi) is 3.79. The zero-order valence-electron chi connectivity index (χ0n) is 10.3. The molecule has 0 radical (unpaired) electrons. The van der Waals surface area contributed by atoms with E-state index in [0.717, 1.165) is 11.3 Å². The summed E-state index contributed by atoms with van der Waals surface area (Å²) in [5.74, 6) is 0.725. The van der Waals surface area contributed by atoms with E-state index in [4.69, 9.17) is 10.2 Å². The molecule has 0 spiro atoms.